The second-order valence-corrected chi connectivity index (χ2v) is 11.4. The molecule has 7 rings (SSSR count). The molecule has 2 N–H and O–H groups in total. The number of nitrogens with one attached hydrogen (secondary N) is 1. The Balaban J connectivity index is 1.41. The summed E-state index contributed by atoms with van der Waals surface area (Å²) in [7, 11) is 2.10. The summed E-state index contributed by atoms with van der Waals surface area (Å²) in [5, 5.41) is 16.4. The van der Waals surface area contributed by atoms with E-state index in [1.165, 1.54) is 0 Å². The first kappa shape index (κ1) is 24.8. The Morgan fingerprint density at radius 3 is 2.64 bits per heavy atom. The summed E-state index contributed by atoms with van der Waals surface area (Å²) in [5.74, 6) is 0.184. The number of aromatic hydroxyl groups is 1. The van der Waals surface area contributed by atoms with Gasteiger partial charge in [0.2, 0.25) is 0 Å². The quantitative estimate of drug-likeness (QED) is 0.348. The summed E-state index contributed by atoms with van der Waals surface area (Å²) in [5.41, 5.74) is 0.915. The van der Waals surface area contributed by atoms with Crippen molar-refractivity contribution in [1.29, 1.82) is 0 Å². The second-order valence-electron chi connectivity index (χ2n) is 11.0. The van der Waals surface area contributed by atoms with Gasteiger partial charge in [0.05, 0.1) is 5.02 Å². The van der Waals surface area contributed by atoms with Crippen LogP contribution in [0.25, 0.3) is 32.8 Å². The number of fused-ring (bicyclic) bond motifs is 4. The Bertz CT molecular complexity index is 1570. The van der Waals surface area contributed by atoms with E-state index in [9.17, 15) is 5.11 Å². The molecule has 3 saturated heterocycles. The van der Waals surface area contributed by atoms with Crippen LogP contribution in [-0.2, 0) is 0 Å². The summed E-state index contributed by atoms with van der Waals surface area (Å²) in [4.78, 5) is 14.1. The molecule has 0 unspecified atom stereocenters. The van der Waals surface area contributed by atoms with Gasteiger partial charge in [-0.15, -0.1) is 0 Å². The van der Waals surface area contributed by atoms with Crippen molar-refractivity contribution >= 4 is 39.1 Å². The molecular weight excluding hydrogens is 517 g/mol. The van der Waals surface area contributed by atoms with Gasteiger partial charge in [-0.25, -0.2) is 4.39 Å². The molecule has 7 nitrogen and oxygen atoms in total. The van der Waals surface area contributed by atoms with E-state index in [1.54, 1.807) is 18.2 Å². The highest BCUT2D eigenvalue weighted by atomic mass is 35.5. The van der Waals surface area contributed by atoms with Crippen molar-refractivity contribution in [2.24, 2.45) is 0 Å². The topological polar surface area (TPSA) is 73.8 Å². The number of phenolic OH excluding ortho intramolecular Hbond substituents is 1. The van der Waals surface area contributed by atoms with Crippen molar-refractivity contribution in [2.75, 3.05) is 38.2 Å². The average molecular weight is 548 g/mol. The van der Waals surface area contributed by atoms with Gasteiger partial charge in [0, 0.05) is 42.2 Å². The average Bonchev–Trinajstić information content (AvgIpc) is 3.45. The normalized spacial score (nSPS) is 23.3. The molecule has 4 aromatic rings. The molecule has 39 heavy (non-hydrogen) atoms. The first-order valence-corrected chi connectivity index (χ1v) is 14.1. The molecule has 0 radical (unpaired) electrons. The predicted octanol–water partition coefficient (Wildman–Crippen LogP) is 5.36. The van der Waals surface area contributed by atoms with Crippen molar-refractivity contribution in [1.82, 2.24) is 20.2 Å². The number of anilines is 1. The van der Waals surface area contributed by atoms with Gasteiger partial charge in [-0.3, -0.25) is 0 Å². The van der Waals surface area contributed by atoms with E-state index in [0.29, 0.717) is 23.4 Å². The fraction of sp³-hybridized carbons (Fsp3) is 0.400. The molecule has 2 bridgehead atoms. The highest BCUT2D eigenvalue weighted by Gasteiger charge is 2.39. The van der Waals surface area contributed by atoms with Crippen LogP contribution in [-0.4, -0.2) is 71.4 Å². The number of piperazine rings is 1. The fourth-order valence-electron chi connectivity index (χ4n) is 6.65. The van der Waals surface area contributed by atoms with Crippen LogP contribution in [0.3, 0.4) is 0 Å². The summed E-state index contributed by atoms with van der Waals surface area (Å²) in [6, 6.07) is 13.6. The fourth-order valence-corrected chi connectivity index (χ4v) is 6.95. The predicted molar refractivity (Wildman–Crippen MR) is 152 cm³/mol. The maximum atomic E-state index is 16.7. The number of phenols is 1. The van der Waals surface area contributed by atoms with Gasteiger partial charge in [0.1, 0.15) is 23.7 Å². The first-order valence-electron chi connectivity index (χ1n) is 13.7. The highest BCUT2D eigenvalue weighted by molar-refractivity contribution is 6.35. The molecule has 4 heterocycles. The van der Waals surface area contributed by atoms with E-state index < -0.39 is 5.82 Å². The Kier molecular flexibility index (Phi) is 6.21. The van der Waals surface area contributed by atoms with Crippen LogP contribution >= 0.6 is 11.6 Å². The number of rotatable bonds is 5. The SMILES string of the molecule is CN1CCC[C@H]1COc1nc(N2[C@H]3CC[C@H]2CNC3)c2cc(Cl)c(-c3cc(O)cc4ccccc34)c(F)c2n1. The van der Waals surface area contributed by atoms with Crippen LogP contribution in [0.15, 0.2) is 42.5 Å². The number of ether oxygens (including phenoxy) is 1. The first-order chi connectivity index (χ1) is 19.0. The van der Waals surface area contributed by atoms with Crippen molar-refractivity contribution < 1.29 is 14.2 Å². The number of likely N-dealkylation sites (N-methyl/N-ethyl adjacent to an activating group) is 1. The van der Waals surface area contributed by atoms with Crippen LogP contribution in [0.2, 0.25) is 5.02 Å². The van der Waals surface area contributed by atoms with E-state index in [1.807, 2.05) is 24.3 Å². The Morgan fingerprint density at radius 2 is 1.87 bits per heavy atom. The maximum absolute atomic E-state index is 16.7. The van der Waals surface area contributed by atoms with Gasteiger partial charge in [-0.05, 0) is 73.8 Å². The number of benzene rings is 3. The van der Waals surface area contributed by atoms with Gasteiger partial charge in [-0.1, -0.05) is 35.9 Å². The molecule has 3 fully saturated rings. The smallest absolute Gasteiger partial charge is 0.319 e. The number of hydrogen-bond acceptors (Lipinski definition) is 7. The number of aromatic nitrogens is 2. The van der Waals surface area contributed by atoms with Gasteiger partial charge in [0.15, 0.2) is 5.82 Å². The van der Waals surface area contributed by atoms with Gasteiger partial charge < -0.3 is 25.0 Å². The van der Waals surface area contributed by atoms with Crippen molar-refractivity contribution in [3.63, 3.8) is 0 Å². The van der Waals surface area contributed by atoms with E-state index in [-0.39, 0.29) is 46.0 Å². The number of likely N-dealkylation sites (tertiary alicyclic amines) is 1. The van der Waals surface area contributed by atoms with E-state index in [0.717, 1.165) is 56.1 Å². The molecule has 3 aromatic carbocycles. The van der Waals surface area contributed by atoms with Crippen LogP contribution in [0.5, 0.6) is 11.8 Å². The summed E-state index contributed by atoms with van der Waals surface area (Å²) >= 11 is 6.85. The molecule has 9 heteroatoms. The Morgan fingerprint density at radius 1 is 1.08 bits per heavy atom. The Hall–Kier alpha value is -3.20. The lowest BCUT2D eigenvalue weighted by molar-refractivity contribution is 0.188. The molecule has 0 aliphatic carbocycles. The zero-order valence-electron chi connectivity index (χ0n) is 21.8. The molecule has 3 aliphatic rings. The molecular formula is C30H31ClFN5O2. The maximum Gasteiger partial charge on any atom is 0.319 e. The zero-order chi connectivity index (χ0) is 26.7. The standard InChI is InChI=1S/C30H31ClFN5O2/c1-36-10-4-6-20(36)16-39-30-34-28-24(29(35-30)37-18-8-9-19(37)15-33-14-18)13-25(31)26(27(28)32)23-12-21(38)11-17-5-2-3-7-22(17)23/h2-3,5,7,11-13,18-20,33,38H,4,6,8-10,14-16H2,1H3/t18-,19-,20-/m0/s1. The third-order valence-electron chi connectivity index (χ3n) is 8.66. The van der Waals surface area contributed by atoms with E-state index in [2.05, 4.69) is 27.1 Å². The third-order valence-corrected chi connectivity index (χ3v) is 8.96. The lowest BCUT2D eigenvalue weighted by atomic mass is 9.96. The van der Waals surface area contributed by atoms with Crippen LogP contribution in [0, 0.1) is 5.82 Å². The monoisotopic (exact) mass is 547 g/mol. The Labute approximate surface area is 231 Å². The molecule has 1 aromatic heterocycles. The molecule has 3 aliphatic heterocycles. The summed E-state index contributed by atoms with van der Waals surface area (Å²) in [6.45, 7) is 3.20. The largest absolute Gasteiger partial charge is 0.508 e. The van der Waals surface area contributed by atoms with Crippen LogP contribution in [0.4, 0.5) is 10.2 Å². The zero-order valence-corrected chi connectivity index (χ0v) is 22.6. The minimum absolute atomic E-state index is 0.0461. The molecule has 202 valence electrons. The minimum Gasteiger partial charge on any atom is -0.508 e. The van der Waals surface area contributed by atoms with Gasteiger partial charge in [0.25, 0.3) is 0 Å². The van der Waals surface area contributed by atoms with Crippen LogP contribution in [0.1, 0.15) is 25.7 Å². The lowest BCUT2D eigenvalue weighted by Crippen LogP contribution is -2.52. The lowest BCUT2D eigenvalue weighted by Gasteiger charge is -2.37. The number of nitrogens with zero attached hydrogens (tertiary/aromatic N) is 4. The van der Waals surface area contributed by atoms with Gasteiger partial charge in [-0.2, -0.15) is 9.97 Å². The molecule has 0 saturated carbocycles. The van der Waals surface area contributed by atoms with E-state index in [4.69, 9.17) is 21.3 Å². The van der Waals surface area contributed by atoms with Crippen molar-refractivity contribution in [3.8, 4) is 22.9 Å². The highest BCUT2D eigenvalue weighted by Crippen LogP contribution is 2.44. The van der Waals surface area contributed by atoms with E-state index >= 15 is 4.39 Å². The minimum atomic E-state index is -0.540. The molecule has 0 spiro atoms. The summed E-state index contributed by atoms with van der Waals surface area (Å²) in [6.07, 6.45) is 4.29. The molecule has 3 atom stereocenters. The van der Waals surface area contributed by atoms with Crippen LogP contribution < -0.4 is 15.0 Å². The number of hydrogen-bond donors (Lipinski definition) is 2. The van der Waals surface area contributed by atoms with Crippen molar-refractivity contribution in [3.05, 3.63) is 53.3 Å². The summed E-state index contributed by atoms with van der Waals surface area (Å²) < 4.78 is 22.8. The molecule has 0 amide bonds. The van der Waals surface area contributed by atoms with Gasteiger partial charge >= 0.3 is 6.01 Å². The van der Waals surface area contributed by atoms with Crippen molar-refractivity contribution in [2.45, 2.75) is 43.8 Å². The number of halogens is 2. The second kappa shape index (κ2) is 9.77. The third kappa shape index (κ3) is 4.26.